The van der Waals surface area contributed by atoms with Gasteiger partial charge in [0.1, 0.15) is 0 Å². The average molecular weight is 261 g/mol. The summed E-state index contributed by atoms with van der Waals surface area (Å²) in [5.74, 6) is 0. The maximum atomic E-state index is 11.2. The van der Waals surface area contributed by atoms with Crippen LogP contribution >= 0.6 is 22.9 Å². The van der Waals surface area contributed by atoms with Crippen LogP contribution in [0.4, 0.5) is 0 Å². The molecule has 1 aromatic carbocycles. The van der Waals surface area contributed by atoms with Gasteiger partial charge < -0.3 is 4.98 Å². The first kappa shape index (κ1) is 10.6. The van der Waals surface area contributed by atoms with Gasteiger partial charge in [-0.2, -0.15) is 11.3 Å². The smallest absolute Gasteiger partial charge is 0.256 e. The highest BCUT2D eigenvalue weighted by atomic mass is 35.5. The Bertz CT molecular complexity index is 731. The minimum Gasteiger partial charge on any atom is -0.321 e. The van der Waals surface area contributed by atoms with Crippen LogP contribution in [0.15, 0.2) is 39.8 Å². The van der Waals surface area contributed by atoms with Crippen molar-refractivity contribution < 1.29 is 0 Å². The number of fused-ring (bicyclic) bond motifs is 1. The molecule has 2 nitrogen and oxygen atoms in total. The second-order valence-electron chi connectivity index (χ2n) is 3.67. The molecule has 17 heavy (non-hydrogen) atoms. The predicted octanol–water partition coefficient (Wildman–Crippen LogP) is 3.71. The van der Waals surface area contributed by atoms with E-state index < -0.39 is 0 Å². The minimum atomic E-state index is -0.239. The van der Waals surface area contributed by atoms with Crippen LogP contribution in [0.1, 0.15) is 0 Å². The lowest BCUT2D eigenvalue weighted by atomic mass is 10.1. The molecule has 2 heterocycles. The van der Waals surface area contributed by atoms with Gasteiger partial charge in [0.2, 0.25) is 0 Å². The van der Waals surface area contributed by atoms with Gasteiger partial charge in [-0.15, -0.1) is 0 Å². The van der Waals surface area contributed by atoms with Gasteiger partial charge in [0.15, 0.2) is 0 Å². The van der Waals surface area contributed by atoms with Crippen molar-refractivity contribution in [3.05, 3.63) is 56.5 Å². The van der Waals surface area contributed by atoms with Gasteiger partial charge in [0.05, 0.1) is 11.1 Å². The Balaban J connectivity index is 2.31. The SMILES string of the molecule is O=c1[c]cc2cc(-c3ccsc3)c(Cl)cc2[nH]1. The van der Waals surface area contributed by atoms with Crippen LogP contribution in [0, 0.1) is 6.07 Å². The summed E-state index contributed by atoms with van der Waals surface area (Å²) in [6, 6.07) is 10.1. The van der Waals surface area contributed by atoms with Crippen molar-refractivity contribution in [2.45, 2.75) is 0 Å². The number of aromatic amines is 1. The molecule has 2 aromatic heterocycles. The number of nitrogens with one attached hydrogen (secondary N) is 1. The molecule has 0 atom stereocenters. The monoisotopic (exact) mass is 260 g/mol. The molecule has 0 spiro atoms. The summed E-state index contributed by atoms with van der Waals surface area (Å²) in [6.45, 7) is 0. The number of pyridine rings is 1. The van der Waals surface area contributed by atoms with E-state index in [1.54, 1.807) is 23.5 Å². The number of hydrogen-bond acceptors (Lipinski definition) is 2. The van der Waals surface area contributed by atoms with Crippen LogP contribution in [-0.4, -0.2) is 4.98 Å². The summed E-state index contributed by atoms with van der Waals surface area (Å²) < 4.78 is 0. The first-order valence-electron chi connectivity index (χ1n) is 5.01. The Hall–Kier alpha value is -1.58. The summed E-state index contributed by atoms with van der Waals surface area (Å²) in [4.78, 5) is 13.9. The molecule has 0 bridgehead atoms. The molecule has 0 unspecified atom stereocenters. The fraction of sp³-hybridized carbons (Fsp3) is 0. The highest BCUT2D eigenvalue weighted by Crippen LogP contribution is 2.32. The normalized spacial score (nSPS) is 10.9. The number of thiophene rings is 1. The Labute approximate surface area is 106 Å². The Kier molecular flexibility index (Phi) is 2.50. The van der Waals surface area contributed by atoms with E-state index >= 15 is 0 Å². The minimum absolute atomic E-state index is 0.239. The Morgan fingerprint density at radius 2 is 2.24 bits per heavy atom. The summed E-state index contributed by atoms with van der Waals surface area (Å²) in [6.07, 6.45) is 0. The third-order valence-electron chi connectivity index (χ3n) is 2.58. The molecule has 0 aliphatic heterocycles. The topological polar surface area (TPSA) is 32.9 Å². The molecule has 0 fully saturated rings. The Morgan fingerprint density at radius 1 is 1.35 bits per heavy atom. The van der Waals surface area contributed by atoms with E-state index in [0.717, 1.165) is 22.0 Å². The first-order chi connectivity index (χ1) is 8.24. The number of rotatable bonds is 1. The second-order valence-corrected chi connectivity index (χ2v) is 4.86. The summed E-state index contributed by atoms with van der Waals surface area (Å²) in [5, 5.41) is 5.62. The number of H-pyrrole nitrogens is 1. The van der Waals surface area contributed by atoms with Crippen molar-refractivity contribution in [1.82, 2.24) is 4.98 Å². The molecule has 4 heteroatoms. The van der Waals surface area contributed by atoms with Crippen molar-refractivity contribution in [2.24, 2.45) is 0 Å². The zero-order valence-electron chi connectivity index (χ0n) is 8.66. The van der Waals surface area contributed by atoms with E-state index in [1.165, 1.54) is 0 Å². The number of benzene rings is 1. The zero-order chi connectivity index (χ0) is 11.8. The lowest BCUT2D eigenvalue weighted by molar-refractivity contribution is 1.30. The molecule has 83 valence electrons. The average Bonchev–Trinajstić information content (AvgIpc) is 2.81. The quantitative estimate of drug-likeness (QED) is 0.711. The second kappa shape index (κ2) is 4.02. The highest BCUT2D eigenvalue weighted by molar-refractivity contribution is 7.08. The molecule has 1 N–H and O–H groups in total. The van der Waals surface area contributed by atoms with Gasteiger partial charge in [-0.3, -0.25) is 4.79 Å². The van der Waals surface area contributed by atoms with E-state index in [0.29, 0.717) is 5.02 Å². The number of aromatic nitrogens is 1. The van der Waals surface area contributed by atoms with E-state index in [1.807, 2.05) is 22.9 Å². The molecule has 3 aromatic rings. The fourth-order valence-electron chi connectivity index (χ4n) is 1.76. The maximum absolute atomic E-state index is 11.2. The van der Waals surface area contributed by atoms with Crippen LogP contribution in [0.5, 0.6) is 0 Å². The molecule has 0 aliphatic carbocycles. The van der Waals surface area contributed by atoms with E-state index in [-0.39, 0.29) is 5.56 Å². The molecule has 0 aliphatic rings. The predicted molar refractivity (Wildman–Crippen MR) is 71.7 cm³/mol. The summed E-state index contributed by atoms with van der Waals surface area (Å²) in [5.41, 5.74) is 2.56. The molecule has 0 saturated heterocycles. The van der Waals surface area contributed by atoms with Gasteiger partial charge in [-0.25, -0.2) is 0 Å². The van der Waals surface area contributed by atoms with Crippen LogP contribution < -0.4 is 5.56 Å². The van der Waals surface area contributed by atoms with E-state index in [2.05, 4.69) is 11.1 Å². The van der Waals surface area contributed by atoms with Crippen molar-refractivity contribution in [2.75, 3.05) is 0 Å². The van der Waals surface area contributed by atoms with Gasteiger partial charge in [0.25, 0.3) is 5.56 Å². The zero-order valence-corrected chi connectivity index (χ0v) is 10.2. The van der Waals surface area contributed by atoms with Crippen molar-refractivity contribution >= 4 is 33.8 Å². The largest absolute Gasteiger partial charge is 0.321 e. The third kappa shape index (κ3) is 1.88. The molecule has 3 rings (SSSR count). The molecule has 0 amide bonds. The van der Waals surface area contributed by atoms with Crippen molar-refractivity contribution in [3.8, 4) is 11.1 Å². The molecule has 1 radical (unpaired) electrons. The lowest BCUT2D eigenvalue weighted by Gasteiger charge is -2.04. The maximum Gasteiger partial charge on any atom is 0.256 e. The molecular formula is C13H7ClNOS. The standard InChI is InChI=1S/C13H7ClNOS/c14-11-6-12-8(1-2-13(16)15-12)5-10(11)9-3-4-17-7-9/h1,3-7H,(H,15,16). The van der Waals surface area contributed by atoms with Gasteiger partial charge in [-0.05, 0) is 46.0 Å². The molecule has 0 saturated carbocycles. The number of halogens is 1. The van der Waals surface area contributed by atoms with Crippen LogP contribution in [-0.2, 0) is 0 Å². The van der Waals surface area contributed by atoms with Gasteiger partial charge in [0, 0.05) is 11.1 Å². The van der Waals surface area contributed by atoms with E-state index in [4.69, 9.17) is 11.6 Å². The Morgan fingerprint density at radius 3 is 3.00 bits per heavy atom. The van der Waals surface area contributed by atoms with Gasteiger partial charge in [-0.1, -0.05) is 11.6 Å². The summed E-state index contributed by atoms with van der Waals surface area (Å²) >= 11 is 7.85. The highest BCUT2D eigenvalue weighted by Gasteiger charge is 2.06. The number of hydrogen-bond donors (Lipinski definition) is 1. The first-order valence-corrected chi connectivity index (χ1v) is 6.33. The third-order valence-corrected chi connectivity index (χ3v) is 3.57. The summed E-state index contributed by atoms with van der Waals surface area (Å²) in [7, 11) is 0. The lowest BCUT2D eigenvalue weighted by Crippen LogP contribution is -2.02. The van der Waals surface area contributed by atoms with Crippen LogP contribution in [0.3, 0.4) is 0 Å². The van der Waals surface area contributed by atoms with Gasteiger partial charge >= 0.3 is 0 Å². The van der Waals surface area contributed by atoms with Crippen LogP contribution in [0.2, 0.25) is 5.02 Å². The van der Waals surface area contributed by atoms with Crippen molar-refractivity contribution in [1.29, 1.82) is 0 Å². The van der Waals surface area contributed by atoms with Crippen molar-refractivity contribution in [3.63, 3.8) is 0 Å². The van der Waals surface area contributed by atoms with Crippen LogP contribution in [0.25, 0.3) is 22.0 Å². The fourth-order valence-corrected chi connectivity index (χ4v) is 2.69. The van der Waals surface area contributed by atoms with E-state index in [9.17, 15) is 4.79 Å². The molecular weight excluding hydrogens is 254 g/mol.